The van der Waals surface area contributed by atoms with Crippen molar-refractivity contribution in [1.29, 1.82) is 0 Å². The van der Waals surface area contributed by atoms with Gasteiger partial charge in [0.15, 0.2) is 5.96 Å². The van der Waals surface area contributed by atoms with Crippen molar-refractivity contribution in [2.45, 2.75) is 13.8 Å². The minimum atomic E-state index is 0.401. The number of anilines is 1. The molecule has 3 N–H and O–H groups in total. The predicted octanol–water partition coefficient (Wildman–Crippen LogP) is 2.31. The molecule has 0 saturated carbocycles. The van der Waals surface area contributed by atoms with Gasteiger partial charge in [-0.15, -0.1) is 0 Å². The van der Waals surface area contributed by atoms with E-state index in [1.807, 2.05) is 38.1 Å². The van der Waals surface area contributed by atoms with E-state index in [9.17, 15) is 0 Å². The summed E-state index contributed by atoms with van der Waals surface area (Å²) < 4.78 is 5.32. The number of benzene rings is 1. The zero-order valence-electron chi connectivity index (χ0n) is 11.1. The third kappa shape index (κ3) is 6.06. The van der Waals surface area contributed by atoms with Gasteiger partial charge in [-0.2, -0.15) is 0 Å². The number of guanidine groups is 1. The van der Waals surface area contributed by atoms with Gasteiger partial charge in [0.1, 0.15) is 0 Å². The van der Waals surface area contributed by atoms with Crippen LogP contribution in [0.15, 0.2) is 41.4 Å². The number of hydrogen-bond donors (Lipinski definition) is 2. The van der Waals surface area contributed by atoms with E-state index in [1.165, 1.54) is 5.56 Å². The van der Waals surface area contributed by atoms with Gasteiger partial charge in [0.05, 0.1) is 19.8 Å². The van der Waals surface area contributed by atoms with Crippen molar-refractivity contribution in [3.8, 4) is 0 Å². The van der Waals surface area contributed by atoms with Crippen molar-refractivity contribution in [2.24, 2.45) is 10.7 Å². The Morgan fingerprint density at radius 2 is 2.06 bits per heavy atom. The quantitative estimate of drug-likeness (QED) is 0.351. The Morgan fingerprint density at radius 1 is 1.39 bits per heavy atom. The smallest absolute Gasteiger partial charge is 0.193 e. The highest BCUT2D eigenvalue weighted by atomic mass is 16.5. The summed E-state index contributed by atoms with van der Waals surface area (Å²) in [6.45, 7) is 9.38. The van der Waals surface area contributed by atoms with Crippen LogP contribution >= 0.6 is 0 Å². The van der Waals surface area contributed by atoms with E-state index in [1.54, 1.807) is 0 Å². The van der Waals surface area contributed by atoms with Crippen LogP contribution in [-0.2, 0) is 4.74 Å². The van der Waals surface area contributed by atoms with Gasteiger partial charge in [-0.1, -0.05) is 29.8 Å². The lowest BCUT2D eigenvalue weighted by atomic mass is 10.2. The lowest BCUT2D eigenvalue weighted by Gasteiger charge is -2.06. The van der Waals surface area contributed by atoms with Crippen LogP contribution in [0.3, 0.4) is 0 Å². The van der Waals surface area contributed by atoms with E-state index < -0.39 is 0 Å². The number of rotatable bonds is 6. The van der Waals surface area contributed by atoms with Gasteiger partial charge < -0.3 is 15.8 Å². The molecule has 1 rings (SSSR count). The molecule has 0 aromatic heterocycles. The minimum absolute atomic E-state index is 0.401. The summed E-state index contributed by atoms with van der Waals surface area (Å²) in [5.74, 6) is 0.401. The van der Waals surface area contributed by atoms with E-state index in [2.05, 4.69) is 16.9 Å². The van der Waals surface area contributed by atoms with E-state index in [0.717, 1.165) is 11.3 Å². The molecule has 0 fully saturated rings. The molecule has 0 unspecified atom stereocenters. The van der Waals surface area contributed by atoms with Gasteiger partial charge >= 0.3 is 0 Å². The fraction of sp³-hybridized carbons (Fsp3) is 0.357. The molecule has 18 heavy (non-hydrogen) atoms. The van der Waals surface area contributed by atoms with E-state index in [4.69, 9.17) is 10.5 Å². The summed E-state index contributed by atoms with van der Waals surface area (Å²) in [4.78, 5) is 4.17. The van der Waals surface area contributed by atoms with Crippen LogP contribution in [0.4, 0.5) is 5.69 Å². The molecule has 0 saturated heterocycles. The number of ether oxygens (including phenoxy) is 1. The van der Waals surface area contributed by atoms with Gasteiger partial charge in [-0.05, 0) is 26.0 Å². The number of aryl methyl sites for hydroxylation is 1. The monoisotopic (exact) mass is 247 g/mol. The van der Waals surface area contributed by atoms with Crippen LogP contribution in [0.5, 0.6) is 0 Å². The molecule has 0 bridgehead atoms. The summed E-state index contributed by atoms with van der Waals surface area (Å²) in [6.07, 6.45) is 0. The van der Waals surface area contributed by atoms with Crippen LogP contribution in [0.25, 0.3) is 0 Å². The van der Waals surface area contributed by atoms with Gasteiger partial charge in [0.25, 0.3) is 0 Å². The average Bonchev–Trinajstić information content (AvgIpc) is 2.31. The normalized spacial score (nSPS) is 11.3. The van der Waals surface area contributed by atoms with Gasteiger partial charge in [0, 0.05) is 5.69 Å². The molecule has 4 heteroatoms. The highest BCUT2D eigenvalue weighted by Gasteiger charge is 1.94. The number of nitrogens with two attached hydrogens (primary N) is 1. The van der Waals surface area contributed by atoms with Crippen molar-refractivity contribution >= 4 is 11.6 Å². The topological polar surface area (TPSA) is 59.6 Å². The minimum Gasteiger partial charge on any atom is -0.375 e. The molecule has 0 radical (unpaired) electrons. The lowest BCUT2D eigenvalue weighted by molar-refractivity contribution is 0.165. The maximum Gasteiger partial charge on any atom is 0.193 e. The SMILES string of the molecule is C=C(C)COCCN=C(N)Nc1ccc(C)cc1. The number of hydrogen-bond acceptors (Lipinski definition) is 2. The van der Waals surface area contributed by atoms with Crippen LogP contribution in [-0.4, -0.2) is 25.7 Å². The fourth-order valence-corrected chi connectivity index (χ4v) is 1.30. The number of aliphatic imine (C=N–C) groups is 1. The highest BCUT2D eigenvalue weighted by molar-refractivity contribution is 5.92. The number of nitrogens with zero attached hydrogens (tertiary/aromatic N) is 1. The zero-order chi connectivity index (χ0) is 13.4. The van der Waals surface area contributed by atoms with Crippen molar-refractivity contribution < 1.29 is 4.74 Å². The summed E-state index contributed by atoms with van der Waals surface area (Å²) in [6, 6.07) is 7.97. The van der Waals surface area contributed by atoms with Crippen LogP contribution in [0, 0.1) is 6.92 Å². The molecule has 0 aliphatic rings. The fourth-order valence-electron chi connectivity index (χ4n) is 1.30. The third-order valence-corrected chi connectivity index (χ3v) is 2.19. The molecule has 98 valence electrons. The first-order valence-corrected chi connectivity index (χ1v) is 5.93. The van der Waals surface area contributed by atoms with Gasteiger partial charge in [-0.3, -0.25) is 4.99 Å². The van der Waals surface area contributed by atoms with Gasteiger partial charge in [-0.25, -0.2) is 0 Å². The molecule has 0 aliphatic carbocycles. The molecule has 0 spiro atoms. The predicted molar refractivity (Wildman–Crippen MR) is 76.9 cm³/mol. The van der Waals surface area contributed by atoms with E-state index in [-0.39, 0.29) is 0 Å². The Hall–Kier alpha value is -1.81. The summed E-state index contributed by atoms with van der Waals surface area (Å²) in [5.41, 5.74) is 8.90. The van der Waals surface area contributed by atoms with Crippen molar-refractivity contribution in [2.75, 3.05) is 25.1 Å². The molecule has 1 aromatic rings. The molecular formula is C14H21N3O. The first-order chi connectivity index (χ1) is 8.58. The Labute approximate surface area is 109 Å². The molecule has 0 atom stereocenters. The molecular weight excluding hydrogens is 226 g/mol. The van der Waals surface area contributed by atoms with Crippen molar-refractivity contribution in [1.82, 2.24) is 0 Å². The molecule has 0 amide bonds. The first kappa shape index (κ1) is 14.3. The zero-order valence-corrected chi connectivity index (χ0v) is 11.1. The second-order valence-electron chi connectivity index (χ2n) is 4.27. The highest BCUT2D eigenvalue weighted by Crippen LogP contribution is 2.07. The third-order valence-electron chi connectivity index (χ3n) is 2.19. The van der Waals surface area contributed by atoms with Crippen LogP contribution in [0.1, 0.15) is 12.5 Å². The molecule has 4 nitrogen and oxygen atoms in total. The Bertz CT molecular complexity index is 410. The average molecular weight is 247 g/mol. The summed E-state index contributed by atoms with van der Waals surface area (Å²) in [5, 5.41) is 3.02. The Morgan fingerprint density at radius 3 is 2.67 bits per heavy atom. The maximum atomic E-state index is 5.75. The van der Waals surface area contributed by atoms with Crippen LogP contribution < -0.4 is 11.1 Å². The molecule has 0 heterocycles. The maximum absolute atomic E-state index is 5.75. The van der Waals surface area contributed by atoms with Crippen LogP contribution in [0.2, 0.25) is 0 Å². The van der Waals surface area contributed by atoms with E-state index >= 15 is 0 Å². The Balaban J connectivity index is 2.29. The number of nitrogens with one attached hydrogen (secondary N) is 1. The van der Waals surface area contributed by atoms with Crippen molar-refractivity contribution in [3.63, 3.8) is 0 Å². The lowest BCUT2D eigenvalue weighted by Crippen LogP contribution is -2.23. The standard InChI is InChI=1S/C14H21N3O/c1-11(2)10-18-9-8-16-14(15)17-13-6-4-12(3)5-7-13/h4-7H,1,8-10H2,2-3H3,(H3,15,16,17). The largest absolute Gasteiger partial charge is 0.375 e. The molecule has 1 aromatic carbocycles. The van der Waals surface area contributed by atoms with Gasteiger partial charge in [0.2, 0.25) is 0 Å². The first-order valence-electron chi connectivity index (χ1n) is 5.93. The summed E-state index contributed by atoms with van der Waals surface area (Å²) >= 11 is 0. The second kappa shape index (κ2) is 7.50. The molecule has 0 aliphatic heterocycles. The van der Waals surface area contributed by atoms with E-state index in [0.29, 0.717) is 25.7 Å². The second-order valence-corrected chi connectivity index (χ2v) is 4.27. The summed E-state index contributed by atoms with van der Waals surface area (Å²) in [7, 11) is 0. The van der Waals surface area contributed by atoms with Crippen molar-refractivity contribution in [3.05, 3.63) is 42.0 Å². The Kier molecular flexibility index (Phi) is 5.94.